The molecule has 1 aromatic heterocycles. The molecule has 0 bridgehead atoms. The number of hydrogen-bond donors (Lipinski definition) is 2. The van der Waals surface area contributed by atoms with Gasteiger partial charge in [-0.3, -0.25) is 9.59 Å². The molecule has 3 N–H and O–H groups in total. The minimum Gasteiger partial charge on any atom is -0.334 e. The van der Waals surface area contributed by atoms with Gasteiger partial charge >= 0.3 is 0 Å². The van der Waals surface area contributed by atoms with Gasteiger partial charge in [0.25, 0.3) is 5.91 Å². The summed E-state index contributed by atoms with van der Waals surface area (Å²) in [7, 11) is 0. The topological polar surface area (TPSA) is 101 Å². The van der Waals surface area contributed by atoms with Gasteiger partial charge in [-0.05, 0) is 67.9 Å². The Morgan fingerprint density at radius 1 is 1.27 bits per heavy atom. The Kier molecular flexibility index (Phi) is 6.36. The molecule has 1 heterocycles. The van der Waals surface area contributed by atoms with E-state index in [1.165, 1.54) is 0 Å². The van der Waals surface area contributed by atoms with E-state index in [-0.39, 0.29) is 29.8 Å². The highest BCUT2D eigenvalue weighted by Crippen LogP contribution is 2.35. The molecule has 2 fully saturated rings. The number of hydrogen-bond acceptors (Lipinski definition) is 6. The average Bonchev–Trinajstić information content (AvgIpc) is 3.49. The van der Waals surface area contributed by atoms with Gasteiger partial charge in [0.1, 0.15) is 4.88 Å². The second-order valence-corrected chi connectivity index (χ2v) is 9.37. The van der Waals surface area contributed by atoms with E-state index in [0.29, 0.717) is 27.8 Å². The van der Waals surface area contributed by atoms with Gasteiger partial charge in [-0.2, -0.15) is 0 Å². The number of carbonyl (C=O) groups excluding carboxylic acids is 2. The Bertz CT molecular complexity index is 945. The Hall–Kier alpha value is -2.03. The van der Waals surface area contributed by atoms with Crippen LogP contribution < -0.4 is 11.1 Å². The summed E-state index contributed by atoms with van der Waals surface area (Å²) in [5.74, 6) is 0.0350. The first-order valence-corrected chi connectivity index (χ1v) is 11.5. The predicted molar refractivity (Wildman–Crippen MR) is 118 cm³/mol. The summed E-state index contributed by atoms with van der Waals surface area (Å²) >= 11 is 7.54. The zero-order valence-corrected chi connectivity index (χ0v) is 18.5. The molecular formula is C21H26ClN5O2S. The van der Waals surface area contributed by atoms with E-state index in [4.69, 9.17) is 17.3 Å². The number of aryl methyl sites for hydroxylation is 1. The molecule has 0 radical (unpaired) electrons. The number of nitrogens with two attached hydrogens (primary N) is 1. The molecule has 2 aliphatic rings. The molecule has 2 aromatic rings. The lowest BCUT2D eigenvalue weighted by molar-refractivity contribution is -0.136. The van der Waals surface area contributed by atoms with Crippen LogP contribution in [0.4, 0.5) is 5.69 Å². The van der Waals surface area contributed by atoms with E-state index in [0.717, 1.165) is 55.6 Å². The Morgan fingerprint density at radius 3 is 2.70 bits per heavy atom. The first-order chi connectivity index (χ1) is 14.4. The van der Waals surface area contributed by atoms with Crippen molar-refractivity contribution in [1.29, 1.82) is 0 Å². The van der Waals surface area contributed by atoms with Gasteiger partial charge in [0.05, 0.1) is 5.69 Å². The van der Waals surface area contributed by atoms with Gasteiger partial charge in [0.2, 0.25) is 5.91 Å². The summed E-state index contributed by atoms with van der Waals surface area (Å²) in [6.07, 6.45) is 5.94. The lowest BCUT2D eigenvalue weighted by atomic mass is 9.89. The number of aromatic nitrogens is 2. The fourth-order valence-corrected chi connectivity index (χ4v) is 4.76. The average molecular weight is 448 g/mol. The summed E-state index contributed by atoms with van der Waals surface area (Å²) < 4.78 is 3.81. The second kappa shape index (κ2) is 8.99. The molecule has 4 rings (SSSR count). The third-order valence-electron chi connectivity index (χ3n) is 5.89. The van der Waals surface area contributed by atoms with Gasteiger partial charge in [-0.1, -0.05) is 28.9 Å². The van der Waals surface area contributed by atoms with Crippen LogP contribution in [0.5, 0.6) is 0 Å². The fourth-order valence-electron chi connectivity index (χ4n) is 4.04. The van der Waals surface area contributed by atoms with Crippen LogP contribution in [0.3, 0.4) is 0 Å². The van der Waals surface area contributed by atoms with E-state index >= 15 is 0 Å². The molecule has 30 heavy (non-hydrogen) atoms. The normalized spacial score (nSPS) is 21.3. The van der Waals surface area contributed by atoms with Gasteiger partial charge in [0, 0.05) is 35.3 Å². The highest BCUT2D eigenvalue weighted by Gasteiger charge is 2.39. The summed E-state index contributed by atoms with van der Waals surface area (Å²) in [4.78, 5) is 28.0. The number of nitrogens with zero attached hydrogens (tertiary/aromatic N) is 3. The number of rotatable bonds is 6. The molecule has 2 unspecified atom stereocenters. The number of anilines is 1. The lowest BCUT2D eigenvalue weighted by Gasteiger charge is -2.39. The Morgan fingerprint density at radius 2 is 2.03 bits per heavy atom. The first-order valence-electron chi connectivity index (χ1n) is 10.4. The number of halogens is 1. The minimum atomic E-state index is -0.254. The second-order valence-electron chi connectivity index (χ2n) is 8.20. The van der Waals surface area contributed by atoms with Crippen LogP contribution in [0.2, 0.25) is 5.02 Å². The molecule has 7 nitrogen and oxygen atoms in total. The van der Waals surface area contributed by atoms with Crippen molar-refractivity contribution in [1.82, 2.24) is 14.5 Å². The highest BCUT2D eigenvalue weighted by molar-refractivity contribution is 7.08. The molecule has 160 valence electrons. The maximum absolute atomic E-state index is 13.1. The predicted octanol–water partition coefficient (Wildman–Crippen LogP) is 3.76. The number of benzene rings is 1. The van der Waals surface area contributed by atoms with Crippen LogP contribution in [0, 0.1) is 12.8 Å². The zero-order valence-electron chi connectivity index (χ0n) is 16.9. The van der Waals surface area contributed by atoms with Gasteiger partial charge in [0.15, 0.2) is 0 Å². The van der Waals surface area contributed by atoms with Crippen molar-refractivity contribution in [3.63, 3.8) is 0 Å². The number of nitrogens with one attached hydrogen (secondary N) is 1. The SMILES string of the molecule is Cc1nnsc1C(=O)Nc1ccc(Cl)c(CN(C(=O)C2CC2)C2CCCCC2N)c1. The third-order valence-corrected chi connectivity index (χ3v) is 7.09. The van der Waals surface area contributed by atoms with Gasteiger partial charge < -0.3 is 16.0 Å². The van der Waals surface area contributed by atoms with Crippen LogP contribution in [0.25, 0.3) is 0 Å². The molecule has 2 amide bonds. The van der Waals surface area contributed by atoms with Crippen LogP contribution in [-0.4, -0.2) is 38.4 Å². The van der Waals surface area contributed by atoms with Crippen molar-refractivity contribution in [2.45, 2.75) is 64.1 Å². The summed E-state index contributed by atoms with van der Waals surface area (Å²) in [6, 6.07) is 5.38. The molecule has 0 aliphatic heterocycles. The molecule has 9 heteroatoms. The monoisotopic (exact) mass is 447 g/mol. The van der Waals surface area contributed by atoms with E-state index in [9.17, 15) is 9.59 Å². The van der Waals surface area contributed by atoms with E-state index in [1.807, 2.05) is 11.0 Å². The minimum absolute atomic E-state index is 0.00934. The number of amides is 2. The summed E-state index contributed by atoms with van der Waals surface area (Å²) in [5, 5.41) is 7.34. The summed E-state index contributed by atoms with van der Waals surface area (Å²) in [5.41, 5.74) is 8.43. The van der Waals surface area contributed by atoms with Crippen molar-refractivity contribution >= 4 is 40.6 Å². The Labute approximate surface area is 185 Å². The first kappa shape index (κ1) is 21.2. The zero-order chi connectivity index (χ0) is 21.3. The van der Waals surface area contributed by atoms with Crippen LogP contribution in [0.15, 0.2) is 18.2 Å². The molecular weight excluding hydrogens is 422 g/mol. The molecule has 1 aromatic carbocycles. The Balaban J connectivity index is 1.55. The number of carbonyl (C=O) groups is 2. The van der Waals surface area contributed by atoms with Gasteiger partial charge in [-0.15, -0.1) is 5.10 Å². The molecule has 0 spiro atoms. The van der Waals surface area contributed by atoms with Crippen molar-refractivity contribution in [3.8, 4) is 0 Å². The highest BCUT2D eigenvalue weighted by atomic mass is 35.5. The smallest absolute Gasteiger partial charge is 0.269 e. The third kappa shape index (κ3) is 4.66. The lowest BCUT2D eigenvalue weighted by Crippen LogP contribution is -2.52. The quantitative estimate of drug-likeness (QED) is 0.702. The van der Waals surface area contributed by atoms with Crippen molar-refractivity contribution in [3.05, 3.63) is 39.4 Å². The van der Waals surface area contributed by atoms with Crippen molar-refractivity contribution in [2.24, 2.45) is 11.7 Å². The maximum Gasteiger partial charge on any atom is 0.269 e. The molecule has 2 saturated carbocycles. The molecule has 2 atom stereocenters. The largest absolute Gasteiger partial charge is 0.334 e. The standard InChI is InChI=1S/C21H26ClN5O2S/c1-12-19(30-26-25-12)20(28)24-15-8-9-16(22)14(10-15)11-27(21(29)13-6-7-13)18-5-3-2-4-17(18)23/h8-10,13,17-18H,2-7,11,23H2,1H3,(H,24,28). The van der Waals surface area contributed by atoms with Crippen molar-refractivity contribution in [2.75, 3.05) is 5.32 Å². The van der Waals surface area contributed by atoms with Crippen LogP contribution in [-0.2, 0) is 11.3 Å². The van der Waals surface area contributed by atoms with E-state index in [2.05, 4.69) is 14.9 Å². The summed E-state index contributed by atoms with van der Waals surface area (Å²) in [6.45, 7) is 2.15. The van der Waals surface area contributed by atoms with Gasteiger partial charge in [-0.25, -0.2) is 0 Å². The van der Waals surface area contributed by atoms with Crippen molar-refractivity contribution < 1.29 is 9.59 Å². The van der Waals surface area contributed by atoms with E-state index < -0.39 is 0 Å². The maximum atomic E-state index is 13.1. The fraction of sp³-hybridized carbons (Fsp3) is 0.524. The van der Waals surface area contributed by atoms with Crippen LogP contribution >= 0.6 is 23.1 Å². The van der Waals surface area contributed by atoms with E-state index in [1.54, 1.807) is 19.1 Å². The molecule has 2 aliphatic carbocycles. The van der Waals surface area contributed by atoms with Crippen LogP contribution in [0.1, 0.15) is 59.5 Å². The molecule has 0 saturated heterocycles.